The molecule has 5 nitrogen and oxygen atoms in total. The summed E-state index contributed by atoms with van der Waals surface area (Å²) in [5.74, 6) is -0.841. The molecule has 0 radical (unpaired) electrons. The predicted octanol–water partition coefficient (Wildman–Crippen LogP) is 6.39. The number of aromatic nitrogens is 1. The summed E-state index contributed by atoms with van der Waals surface area (Å²) in [7, 11) is 0. The van der Waals surface area contributed by atoms with Crippen LogP contribution in [0, 0.1) is 11.3 Å². The number of hydrogen-bond acceptors (Lipinski definition) is 4. The van der Waals surface area contributed by atoms with Crippen molar-refractivity contribution in [3.63, 3.8) is 0 Å². The standard InChI is InChI=1S/C24H40N2O3/c1-2-3-4-5-6-7-8-9-10-11-12-13-14-15-16-17-18-26-21(20-25)24(29)22(27)19-23(26)28/h19,28-29H,2-18H2,1H3. The summed E-state index contributed by atoms with van der Waals surface area (Å²) in [4.78, 5) is 11.4. The van der Waals surface area contributed by atoms with E-state index >= 15 is 0 Å². The van der Waals surface area contributed by atoms with Gasteiger partial charge in [0, 0.05) is 12.6 Å². The van der Waals surface area contributed by atoms with E-state index in [1.807, 2.05) is 0 Å². The van der Waals surface area contributed by atoms with Gasteiger partial charge in [-0.3, -0.25) is 4.79 Å². The van der Waals surface area contributed by atoms with Gasteiger partial charge in [-0.2, -0.15) is 5.26 Å². The van der Waals surface area contributed by atoms with Crippen LogP contribution in [0.2, 0.25) is 0 Å². The average molecular weight is 405 g/mol. The number of aromatic hydroxyl groups is 2. The fourth-order valence-electron chi connectivity index (χ4n) is 3.78. The average Bonchev–Trinajstić information content (AvgIpc) is 2.71. The third-order valence-corrected chi connectivity index (χ3v) is 5.61. The molecular weight excluding hydrogens is 364 g/mol. The highest BCUT2D eigenvalue weighted by Crippen LogP contribution is 2.19. The first kappa shape index (κ1) is 25.1. The lowest BCUT2D eigenvalue weighted by molar-refractivity contribution is 0.387. The van der Waals surface area contributed by atoms with Crippen molar-refractivity contribution in [3.8, 4) is 17.7 Å². The second-order valence-corrected chi connectivity index (χ2v) is 8.13. The Labute approximate surface area is 176 Å². The largest absolute Gasteiger partial charge is 0.502 e. The van der Waals surface area contributed by atoms with Gasteiger partial charge in [0.15, 0.2) is 17.3 Å². The van der Waals surface area contributed by atoms with Crippen molar-refractivity contribution in [2.75, 3.05) is 0 Å². The molecule has 0 aromatic carbocycles. The molecule has 0 amide bonds. The molecule has 0 aliphatic carbocycles. The highest BCUT2D eigenvalue weighted by Gasteiger charge is 2.13. The maximum atomic E-state index is 11.4. The van der Waals surface area contributed by atoms with E-state index in [2.05, 4.69) is 6.92 Å². The van der Waals surface area contributed by atoms with Crippen LogP contribution in [0.5, 0.6) is 11.6 Å². The van der Waals surface area contributed by atoms with Gasteiger partial charge < -0.3 is 14.8 Å². The Morgan fingerprint density at radius 2 is 1.21 bits per heavy atom. The third-order valence-electron chi connectivity index (χ3n) is 5.61. The van der Waals surface area contributed by atoms with E-state index in [0.717, 1.165) is 25.3 Å². The Kier molecular flexibility index (Phi) is 13.8. The number of nitrogens with zero attached hydrogens (tertiary/aromatic N) is 2. The topological polar surface area (TPSA) is 86.2 Å². The highest BCUT2D eigenvalue weighted by molar-refractivity contribution is 5.40. The van der Waals surface area contributed by atoms with Crippen molar-refractivity contribution in [1.82, 2.24) is 4.57 Å². The molecule has 0 unspecified atom stereocenters. The SMILES string of the molecule is CCCCCCCCCCCCCCCCCCn1c(O)cc(=O)c(O)c1C#N. The van der Waals surface area contributed by atoms with Crippen LogP contribution in [-0.4, -0.2) is 14.8 Å². The summed E-state index contributed by atoms with van der Waals surface area (Å²) in [5.41, 5.74) is -0.877. The van der Waals surface area contributed by atoms with E-state index in [9.17, 15) is 15.0 Å². The zero-order chi connectivity index (χ0) is 21.3. The number of unbranched alkanes of at least 4 members (excludes halogenated alkanes) is 15. The Bertz CT molecular complexity index is 661. The molecule has 2 N–H and O–H groups in total. The van der Waals surface area contributed by atoms with Gasteiger partial charge >= 0.3 is 0 Å². The second kappa shape index (κ2) is 15.9. The normalized spacial score (nSPS) is 10.9. The van der Waals surface area contributed by atoms with Crippen LogP contribution in [0.4, 0.5) is 0 Å². The quantitative estimate of drug-likeness (QED) is 0.294. The lowest BCUT2D eigenvalue weighted by atomic mass is 10.0. The van der Waals surface area contributed by atoms with Gasteiger partial charge in [0.2, 0.25) is 5.43 Å². The van der Waals surface area contributed by atoms with E-state index in [-0.39, 0.29) is 11.6 Å². The molecule has 5 heteroatoms. The van der Waals surface area contributed by atoms with Crippen molar-refractivity contribution < 1.29 is 10.2 Å². The molecule has 0 aliphatic heterocycles. The zero-order valence-electron chi connectivity index (χ0n) is 18.3. The zero-order valence-corrected chi connectivity index (χ0v) is 18.3. The lowest BCUT2D eigenvalue weighted by Gasteiger charge is -2.12. The van der Waals surface area contributed by atoms with Crippen LogP contribution in [0.3, 0.4) is 0 Å². The minimum atomic E-state index is -0.720. The minimum absolute atomic E-state index is 0.157. The molecule has 0 atom stereocenters. The Balaban J connectivity index is 1.99. The molecule has 0 spiro atoms. The molecule has 0 saturated heterocycles. The van der Waals surface area contributed by atoms with Gasteiger partial charge in [-0.15, -0.1) is 0 Å². The van der Waals surface area contributed by atoms with Crippen LogP contribution in [0.25, 0.3) is 0 Å². The molecule has 1 heterocycles. The fourth-order valence-corrected chi connectivity index (χ4v) is 3.78. The summed E-state index contributed by atoms with van der Waals surface area (Å²) in [6.45, 7) is 2.69. The van der Waals surface area contributed by atoms with Gasteiger partial charge in [0.05, 0.1) is 0 Å². The van der Waals surface area contributed by atoms with Crippen molar-refractivity contribution in [2.45, 2.75) is 116 Å². The Morgan fingerprint density at radius 3 is 1.62 bits per heavy atom. The monoisotopic (exact) mass is 404 g/mol. The highest BCUT2D eigenvalue weighted by atomic mass is 16.3. The van der Waals surface area contributed by atoms with Crippen LogP contribution < -0.4 is 5.43 Å². The summed E-state index contributed by atoms with van der Waals surface area (Å²) >= 11 is 0. The number of rotatable bonds is 17. The summed E-state index contributed by atoms with van der Waals surface area (Å²) in [6, 6.07) is 2.76. The van der Waals surface area contributed by atoms with Crippen molar-refractivity contribution in [3.05, 3.63) is 22.0 Å². The third kappa shape index (κ3) is 10.4. The molecule has 1 aromatic rings. The summed E-state index contributed by atoms with van der Waals surface area (Å²) in [6.07, 6.45) is 20.6. The first-order valence-corrected chi connectivity index (χ1v) is 11.7. The predicted molar refractivity (Wildman–Crippen MR) is 118 cm³/mol. The van der Waals surface area contributed by atoms with Crippen molar-refractivity contribution in [1.29, 1.82) is 5.26 Å². The minimum Gasteiger partial charge on any atom is -0.502 e. The van der Waals surface area contributed by atoms with E-state index in [0.29, 0.717) is 6.54 Å². The first-order valence-electron chi connectivity index (χ1n) is 11.7. The van der Waals surface area contributed by atoms with Gasteiger partial charge in [-0.25, -0.2) is 0 Å². The van der Waals surface area contributed by atoms with E-state index in [1.54, 1.807) is 6.07 Å². The van der Waals surface area contributed by atoms with E-state index < -0.39 is 11.2 Å². The smallest absolute Gasteiger partial charge is 0.228 e. The first-order chi connectivity index (χ1) is 14.1. The molecular formula is C24H40N2O3. The molecule has 0 fully saturated rings. The number of pyridine rings is 1. The van der Waals surface area contributed by atoms with Crippen molar-refractivity contribution >= 4 is 0 Å². The molecule has 0 saturated carbocycles. The van der Waals surface area contributed by atoms with E-state index in [4.69, 9.17) is 5.26 Å². The fraction of sp³-hybridized carbons (Fsp3) is 0.750. The van der Waals surface area contributed by atoms with Gasteiger partial charge in [-0.1, -0.05) is 103 Å². The summed E-state index contributed by atoms with van der Waals surface area (Å²) < 4.78 is 1.32. The van der Waals surface area contributed by atoms with Gasteiger partial charge in [0.25, 0.3) is 0 Å². The van der Waals surface area contributed by atoms with Gasteiger partial charge in [-0.05, 0) is 6.42 Å². The van der Waals surface area contributed by atoms with Crippen molar-refractivity contribution in [2.24, 2.45) is 0 Å². The Morgan fingerprint density at radius 1 is 0.793 bits per heavy atom. The molecule has 1 rings (SSSR count). The van der Waals surface area contributed by atoms with Crippen LogP contribution in [0.1, 0.15) is 115 Å². The van der Waals surface area contributed by atoms with Crippen LogP contribution >= 0.6 is 0 Å². The Hall–Kier alpha value is -1.96. The molecule has 0 bridgehead atoms. The van der Waals surface area contributed by atoms with Crippen LogP contribution in [0.15, 0.2) is 10.9 Å². The molecule has 29 heavy (non-hydrogen) atoms. The number of hydrogen-bond donors (Lipinski definition) is 2. The molecule has 0 aliphatic rings. The molecule has 1 aromatic heterocycles. The maximum Gasteiger partial charge on any atom is 0.228 e. The second-order valence-electron chi connectivity index (χ2n) is 8.13. The van der Waals surface area contributed by atoms with E-state index in [1.165, 1.54) is 88.0 Å². The summed E-state index contributed by atoms with van der Waals surface area (Å²) in [5, 5.41) is 28.6. The van der Waals surface area contributed by atoms with Gasteiger partial charge in [0.1, 0.15) is 6.07 Å². The van der Waals surface area contributed by atoms with Crippen LogP contribution in [-0.2, 0) is 6.54 Å². The maximum absolute atomic E-state index is 11.4. The lowest BCUT2D eigenvalue weighted by Crippen LogP contribution is -2.12. The number of nitriles is 1. The molecule has 164 valence electrons.